The second-order valence-electron chi connectivity index (χ2n) is 2.87. The highest BCUT2D eigenvalue weighted by Gasteiger charge is 2.32. The molecule has 0 unspecified atom stereocenters. The van der Waals surface area contributed by atoms with Crippen LogP contribution >= 0.6 is 39.1 Å². The van der Waals surface area contributed by atoms with Crippen molar-refractivity contribution < 1.29 is 18.0 Å². The maximum atomic E-state index is 12.4. The average Bonchev–Trinajstić information content (AvgIpc) is 2.14. The van der Waals surface area contributed by atoms with Gasteiger partial charge in [-0.2, -0.15) is 13.2 Å². The molecule has 7 heteroatoms. The summed E-state index contributed by atoms with van der Waals surface area (Å²) in [6.45, 7) is 0. The quantitative estimate of drug-likeness (QED) is 0.572. The van der Waals surface area contributed by atoms with Crippen LogP contribution in [0.2, 0.25) is 5.02 Å². The molecule has 0 saturated heterocycles. The number of hydrogen-bond acceptors (Lipinski definition) is 1. The SMILES string of the molecule is O=C(CCl)c1c(Cl)cc(C(F)(F)F)cc1Br. The first-order valence-electron chi connectivity index (χ1n) is 3.92. The van der Waals surface area contributed by atoms with Crippen LogP contribution in [-0.4, -0.2) is 11.7 Å². The third kappa shape index (κ3) is 2.90. The number of hydrogen-bond donors (Lipinski definition) is 0. The number of alkyl halides is 4. The summed E-state index contributed by atoms with van der Waals surface area (Å²) in [7, 11) is 0. The molecule has 0 heterocycles. The summed E-state index contributed by atoms with van der Waals surface area (Å²) in [5.74, 6) is -0.879. The minimum atomic E-state index is -4.51. The molecule has 0 N–H and O–H groups in total. The van der Waals surface area contributed by atoms with Crippen LogP contribution in [0.1, 0.15) is 15.9 Å². The Morgan fingerprint density at radius 3 is 2.31 bits per heavy atom. The highest BCUT2D eigenvalue weighted by Crippen LogP contribution is 2.36. The van der Waals surface area contributed by atoms with Crippen LogP contribution in [-0.2, 0) is 6.18 Å². The van der Waals surface area contributed by atoms with E-state index in [0.29, 0.717) is 6.07 Å². The van der Waals surface area contributed by atoms with E-state index in [2.05, 4.69) is 15.9 Å². The molecule has 88 valence electrons. The molecule has 0 amide bonds. The number of carbonyl (C=O) groups is 1. The lowest BCUT2D eigenvalue weighted by Crippen LogP contribution is -2.08. The Balaban J connectivity index is 3.34. The van der Waals surface area contributed by atoms with E-state index < -0.39 is 17.5 Å². The first kappa shape index (κ1) is 13.8. The van der Waals surface area contributed by atoms with Gasteiger partial charge in [-0.3, -0.25) is 4.79 Å². The van der Waals surface area contributed by atoms with E-state index in [4.69, 9.17) is 23.2 Å². The van der Waals surface area contributed by atoms with E-state index in [9.17, 15) is 18.0 Å². The summed E-state index contributed by atoms with van der Waals surface area (Å²) in [6, 6.07) is 1.50. The van der Waals surface area contributed by atoms with E-state index in [1.165, 1.54) is 0 Å². The third-order valence-electron chi connectivity index (χ3n) is 1.77. The summed E-state index contributed by atoms with van der Waals surface area (Å²) >= 11 is 13.8. The van der Waals surface area contributed by atoms with Crippen molar-refractivity contribution in [3.05, 3.63) is 32.8 Å². The van der Waals surface area contributed by atoms with Crippen LogP contribution in [0.4, 0.5) is 13.2 Å². The van der Waals surface area contributed by atoms with E-state index >= 15 is 0 Å². The number of ketones is 1. The van der Waals surface area contributed by atoms with Crippen molar-refractivity contribution in [3.63, 3.8) is 0 Å². The predicted molar refractivity (Wildman–Crippen MR) is 59.2 cm³/mol. The van der Waals surface area contributed by atoms with Crippen molar-refractivity contribution in [1.82, 2.24) is 0 Å². The topological polar surface area (TPSA) is 17.1 Å². The standard InChI is InChI=1S/C9H4BrCl2F3O/c10-5-1-4(9(13,14)15)2-6(12)8(5)7(16)3-11/h1-2H,3H2. The second-order valence-corrected chi connectivity index (χ2v) is 4.40. The zero-order chi connectivity index (χ0) is 12.5. The molecule has 0 radical (unpaired) electrons. The van der Waals surface area contributed by atoms with Gasteiger partial charge in [-0.25, -0.2) is 0 Å². The molecule has 1 rings (SSSR count). The van der Waals surface area contributed by atoms with Crippen molar-refractivity contribution in [2.45, 2.75) is 6.18 Å². The minimum Gasteiger partial charge on any atom is -0.293 e. The van der Waals surface area contributed by atoms with Crippen LogP contribution in [0.3, 0.4) is 0 Å². The Morgan fingerprint density at radius 1 is 1.38 bits per heavy atom. The van der Waals surface area contributed by atoms with Crippen molar-refractivity contribution >= 4 is 44.9 Å². The minimum absolute atomic E-state index is 0.0158. The van der Waals surface area contributed by atoms with Gasteiger partial charge in [0.25, 0.3) is 0 Å². The molecule has 1 aromatic carbocycles. The van der Waals surface area contributed by atoms with Gasteiger partial charge >= 0.3 is 6.18 Å². The summed E-state index contributed by atoms with van der Waals surface area (Å²) in [5.41, 5.74) is -0.958. The smallest absolute Gasteiger partial charge is 0.293 e. The fraction of sp³-hybridized carbons (Fsp3) is 0.222. The van der Waals surface area contributed by atoms with Gasteiger partial charge in [-0.1, -0.05) is 11.6 Å². The molecule has 0 spiro atoms. The second kappa shape index (κ2) is 4.94. The first-order valence-corrected chi connectivity index (χ1v) is 5.63. The first-order chi connectivity index (χ1) is 7.27. The van der Waals surface area contributed by atoms with Crippen molar-refractivity contribution in [3.8, 4) is 0 Å². The van der Waals surface area contributed by atoms with Gasteiger partial charge in [-0.05, 0) is 28.1 Å². The molecule has 0 atom stereocenters. The Morgan fingerprint density at radius 2 is 1.94 bits per heavy atom. The monoisotopic (exact) mass is 334 g/mol. The van der Waals surface area contributed by atoms with Crippen molar-refractivity contribution in [2.24, 2.45) is 0 Å². The average molecular weight is 336 g/mol. The molecule has 0 aromatic heterocycles. The summed E-state index contributed by atoms with van der Waals surface area (Å²) in [5, 5.41) is -0.271. The number of Topliss-reactive ketones (excluding diaryl/α,β-unsaturated/α-hetero) is 1. The molecule has 0 aliphatic carbocycles. The summed E-state index contributed by atoms with van der Waals surface area (Å²) < 4.78 is 37.1. The molecule has 0 aliphatic heterocycles. The van der Waals surface area contributed by atoms with Crippen LogP contribution in [0.25, 0.3) is 0 Å². The highest BCUT2D eigenvalue weighted by molar-refractivity contribution is 9.10. The van der Waals surface area contributed by atoms with Crippen LogP contribution in [0.5, 0.6) is 0 Å². The van der Waals surface area contributed by atoms with Gasteiger partial charge in [0.1, 0.15) is 0 Å². The fourth-order valence-corrected chi connectivity index (χ4v) is 2.32. The highest BCUT2D eigenvalue weighted by atomic mass is 79.9. The third-order valence-corrected chi connectivity index (χ3v) is 2.94. The Kier molecular flexibility index (Phi) is 4.26. The molecular formula is C9H4BrCl2F3O. The van der Waals surface area contributed by atoms with E-state index in [1.807, 2.05) is 0 Å². The lowest BCUT2D eigenvalue weighted by molar-refractivity contribution is -0.137. The zero-order valence-electron chi connectivity index (χ0n) is 7.54. The van der Waals surface area contributed by atoms with Crippen LogP contribution in [0, 0.1) is 0 Å². The van der Waals surface area contributed by atoms with Crippen LogP contribution in [0.15, 0.2) is 16.6 Å². The fourth-order valence-electron chi connectivity index (χ4n) is 1.07. The van der Waals surface area contributed by atoms with Gasteiger partial charge in [0, 0.05) is 4.47 Å². The van der Waals surface area contributed by atoms with E-state index in [0.717, 1.165) is 6.07 Å². The number of carbonyl (C=O) groups excluding carboxylic acids is 1. The molecule has 0 saturated carbocycles. The number of halogens is 6. The molecule has 0 fully saturated rings. The van der Waals surface area contributed by atoms with Gasteiger partial charge < -0.3 is 0 Å². The lowest BCUT2D eigenvalue weighted by atomic mass is 10.1. The van der Waals surface area contributed by atoms with E-state index in [-0.39, 0.29) is 20.9 Å². The van der Waals surface area contributed by atoms with E-state index in [1.54, 1.807) is 0 Å². The van der Waals surface area contributed by atoms with Crippen molar-refractivity contribution in [1.29, 1.82) is 0 Å². The Labute approximate surface area is 108 Å². The van der Waals surface area contributed by atoms with Gasteiger partial charge in [0.2, 0.25) is 0 Å². The van der Waals surface area contributed by atoms with Crippen LogP contribution < -0.4 is 0 Å². The Bertz CT molecular complexity index is 408. The Hall–Kier alpha value is -0.260. The predicted octanol–water partition coefficient (Wildman–Crippen LogP) is 4.54. The number of benzene rings is 1. The normalized spacial score (nSPS) is 11.6. The molecule has 1 aromatic rings. The van der Waals surface area contributed by atoms with Crippen molar-refractivity contribution in [2.75, 3.05) is 5.88 Å². The zero-order valence-corrected chi connectivity index (χ0v) is 10.6. The molecule has 1 nitrogen and oxygen atoms in total. The maximum absolute atomic E-state index is 12.4. The maximum Gasteiger partial charge on any atom is 0.416 e. The molecule has 0 aliphatic rings. The summed E-state index contributed by atoms with van der Waals surface area (Å²) in [6.07, 6.45) is -4.51. The van der Waals surface area contributed by atoms with Gasteiger partial charge in [0.05, 0.1) is 22.0 Å². The van der Waals surface area contributed by atoms with Gasteiger partial charge in [0.15, 0.2) is 5.78 Å². The summed E-state index contributed by atoms with van der Waals surface area (Å²) in [4.78, 5) is 11.3. The van der Waals surface area contributed by atoms with Gasteiger partial charge in [-0.15, -0.1) is 11.6 Å². The lowest BCUT2D eigenvalue weighted by Gasteiger charge is -2.10. The number of rotatable bonds is 2. The largest absolute Gasteiger partial charge is 0.416 e. The molecular weight excluding hydrogens is 332 g/mol. The molecule has 0 bridgehead atoms. The molecule has 16 heavy (non-hydrogen) atoms.